The molecule has 1 atom stereocenters. The van der Waals surface area contributed by atoms with E-state index in [-0.39, 0.29) is 24.8 Å². The van der Waals surface area contributed by atoms with Crippen LogP contribution in [0.15, 0.2) is 72.8 Å². The highest BCUT2D eigenvalue weighted by Crippen LogP contribution is 2.25. The lowest BCUT2D eigenvalue weighted by Gasteiger charge is -2.32. The summed E-state index contributed by atoms with van der Waals surface area (Å²) in [6.45, 7) is 4.84. The number of halogens is 2. The van der Waals surface area contributed by atoms with Crippen LogP contribution in [0.3, 0.4) is 0 Å². The highest BCUT2D eigenvalue weighted by molar-refractivity contribution is 6.35. The first-order valence-electron chi connectivity index (χ1n) is 12.0. The predicted molar refractivity (Wildman–Crippen MR) is 144 cm³/mol. The molecule has 1 unspecified atom stereocenters. The maximum Gasteiger partial charge on any atom is 0.243 e. The molecule has 0 heterocycles. The first-order chi connectivity index (χ1) is 16.9. The van der Waals surface area contributed by atoms with Crippen LogP contribution < -0.4 is 5.32 Å². The Hall–Kier alpha value is -2.82. The molecule has 0 saturated carbocycles. The van der Waals surface area contributed by atoms with Gasteiger partial charge in [0.15, 0.2) is 0 Å². The number of nitrogens with one attached hydrogen (secondary N) is 1. The molecule has 1 N–H and O–H groups in total. The number of hydrogen-bond donors (Lipinski definition) is 1. The summed E-state index contributed by atoms with van der Waals surface area (Å²) in [5.74, 6) is -0.289. The van der Waals surface area contributed by atoms with Crippen molar-refractivity contribution in [2.45, 2.75) is 52.1 Å². The SMILES string of the molecule is CCCCNC(=O)C(Cc1ccccc1)N(Cc1ccc(Cl)cc1Cl)C(=O)Cc1ccccc1C. The van der Waals surface area contributed by atoms with Gasteiger partial charge in [-0.3, -0.25) is 9.59 Å². The second kappa shape index (κ2) is 13.3. The van der Waals surface area contributed by atoms with E-state index in [4.69, 9.17) is 23.2 Å². The van der Waals surface area contributed by atoms with E-state index in [1.165, 1.54) is 0 Å². The number of hydrogen-bond acceptors (Lipinski definition) is 2. The lowest BCUT2D eigenvalue weighted by Crippen LogP contribution is -2.51. The molecular weight excluding hydrogens is 479 g/mol. The molecule has 0 radical (unpaired) electrons. The van der Waals surface area contributed by atoms with Crippen molar-refractivity contribution in [1.29, 1.82) is 0 Å². The van der Waals surface area contributed by atoms with Gasteiger partial charge in [0.2, 0.25) is 11.8 Å². The van der Waals surface area contributed by atoms with Gasteiger partial charge in [-0.15, -0.1) is 0 Å². The number of rotatable bonds is 11. The number of unbranched alkanes of at least 4 members (excludes halogenated alkanes) is 1. The monoisotopic (exact) mass is 510 g/mol. The zero-order valence-corrected chi connectivity index (χ0v) is 21.8. The second-order valence-electron chi connectivity index (χ2n) is 8.71. The molecule has 0 fully saturated rings. The van der Waals surface area contributed by atoms with Gasteiger partial charge in [0.25, 0.3) is 0 Å². The van der Waals surface area contributed by atoms with Gasteiger partial charge in [-0.05, 0) is 47.7 Å². The zero-order valence-electron chi connectivity index (χ0n) is 20.3. The van der Waals surface area contributed by atoms with E-state index in [0.717, 1.165) is 35.1 Å². The first-order valence-corrected chi connectivity index (χ1v) is 12.7. The highest BCUT2D eigenvalue weighted by Gasteiger charge is 2.31. The fourth-order valence-electron chi connectivity index (χ4n) is 3.97. The second-order valence-corrected chi connectivity index (χ2v) is 9.55. The van der Waals surface area contributed by atoms with Crippen LogP contribution in [0.2, 0.25) is 10.0 Å². The van der Waals surface area contributed by atoms with Gasteiger partial charge in [-0.1, -0.05) is 97.2 Å². The van der Waals surface area contributed by atoms with Gasteiger partial charge in [0, 0.05) is 29.6 Å². The summed E-state index contributed by atoms with van der Waals surface area (Å²) in [6, 6.07) is 22.1. The van der Waals surface area contributed by atoms with Crippen molar-refractivity contribution >= 4 is 35.0 Å². The van der Waals surface area contributed by atoms with Crippen LogP contribution in [-0.4, -0.2) is 29.3 Å². The Bertz CT molecular complexity index is 1130. The summed E-state index contributed by atoms with van der Waals surface area (Å²) in [6.07, 6.45) is 2.46. The molecule has 0 aliphatic heterocycles. The molecular formula is C29H32Cl2N2O2. The van der Waals surface area contributed by atoms with Crippen LogP contribution in [0.1, 0.15) is 42.0 Å². The van der Waals surface area contributed by atoms with E-state index >= 15 is 0 Å². The molecule has 3 aromatic carbocycles. The van der Waals surface area contributed by atoms with Crippen LogP contribution in [0.25, 0.3) is 0 Å². The quantitative estimate of drug-likeness (QED) is 0.303. The van der Waals surface area contributed by atoms with Crippen LogP contribution in [0.4, 0.5) is 0 Å². The topological polar surface area (TPSA) is 49.4 Å². The minimum absolute atomic E-state index is 0.128. The van der Waals surface area contributed by atoms with Gasteiger partial charge in [0.05, 0.1) is 6.42 Å². The van der Waals surface area contributed by atoms with Crippen molar-refractivity contribution in [3.63, 3.8) is 0 Å². The summed E-state index contributed by atoms with van der Waals surface area (Å²) in [5, 5.41) is 4.03. The first kappa shape index (κ1) is 26.8. The Labute approximate surface area is 218 Å². The highest BCUT2D eigenvalue weighted by atomic mass is 35.5. The van der Waals surface area contributed by atoms with Crippen molar-refractivity contribution in [2.75, 3.05) is 6.54 Å². The lowest BCUT2D eigenvalue weighted by atomic mass is 10.00. The molecule has 0 aliphatic rings. The molecule has 3 rings (SSSR count). The summed E-state index contributed by atoms with van der Waals surface area (Å²) in [7, 11) is 0. The van der Waals surface area contributed by atoms with Crippen LogP contribution in [0, 0.1) is 6.92 Å². The van der Waals surface area contributed by atoms with E-state index < -0.39 is 6.04 Å². The van der Waals surface area contributed by atoms with Crippen molar-refractivity contribution in [1.82, 2.24) is 10.2 Å². The standard InChI is InChI=1S/C29H32Cl2N2O2/c1-3-4-16-32-29(35)27(17-22-11-6-5-7-12-22)33(20-24-14-15-25(30)19-26(24)31)28(34)18-23-13-9-8-10-21(23)2/h5-15,19,27H,3-4,16-18,20H2,1-2H3,(H,32,35). The summed E-state index contributed by atoms with van der Waals surface area (Å²) >= 11 is 12.6. The van der Waals surface area contributed by atoms with E-state index in [2.05, 4.69) is 12.2 Å². The molecule has 0 bridgehead atoms. The largest absolute Gasteiger partial charge is 0.354 e. The van der Waals surface area contributed by atoms with Gasteiger partial charge < -0.3 is 10.2 Å². The Kier molecular flexibility index (Phi) is 10.2. The number of carbonyl (C=O) groups excluding carboxylic acids is 2. The summed E-state index contributed by atoms with van der Waals surface area (Å²) in [5.41, 5.74) is 3.71. The number of nitrogens with zero attached hydrogens (tertiary/aromatic N) is 1. The van der Waals surface area contributed by atoms with Crippen LogP contribution in [0.5, 0.6) is 0 Å². The molecule has 0 saturated heterocycles. The van der Waals surface area contributed by atoms with E-state index in [9.17, 15) is 9.59 Å². The fourth-order valence-corrected chi connectivity index (χ4v) is 4.43. The Morgan fingerprint density at radius 2 is 1.66 bits per heavy atom. The fraction of sp³-hybridized carbons (Fsp3) is 0.310. The Morgan fingerprint density at radius 3 is 2.34 bits per heavy atom. The number of amides is 2. The third kappa shape index (κ3) is 7.84. The molecule has 6 heteroatoms. The van der Waals surface area contributed by atoms with Crippen LogP contribution in [-0.2, 0) is 29.0 Å². The number of benzene rings is 3. The third-order valence-electron chi connectivity index (χ3n) is 6.06. The smallest absolute Gasteiger partial charge is 0.243 e. The van der Waals surface area contributed by atoms with Gasteiger partial charge in [-0.2, -0.15) is 0 Å². The lowest BCUT2D eigenvalue weighted by molar-refractivity contribution is -0.140. The third-order valence-corrected chi connectivity index (χ3v) is 6.65. The maximum absolute atomic E-state index is 13.8. The molecule has 0 aromatic heterocycles. The Balaban J connectivity index is 1.98. The molecule has 3 aromatic rings. The van der Waals surface area contributed by atoms with E-state index in [1.54, 1.807) is 17.0 Å². The zero-order chi connectivity index (χ0) is 25.2. The minimum Gasteiger partial charge on any atom is -0.354 e. The minimum atomic E-state index is -0.683. The average molecular weight is 511 g/mol. The average Bonchev–Trinajstić information content (AvgIpc) is 2.84. The maximum atomic E-state index is 13.8. The molecule has 184 valence electrons. The van der Waals surface area contributed by atoms with Crippen molar-refractivity contribution in [3.8, 4) is 0 Å². The predicted octanol–water partition coefficient (Wildman–Crippen LogP) is 6.40. The molecule has 4 nitrogen and oxygen atoms in total. The van der Waals surface area contributed by atoms with E-state index in [0.29, 0.717) is 23.0 Å². The number of carbonyl (C=O) groups is 2. The molecule has 2 amide bonds. The Morgan fingerprint density at radius 1 is 0.943 bits per heavy atom. The normalized spacial score (nSPS) is 11.7. The van der Waals surface area contributed by atoms with Gasteiger partial charge in [-0.25, -0.2) is 0 Å². The molecule has 0 aliphatic carbocycles. The number of aryl methyl sites for hydroxylation is 1. The summed E-state index contributed by atoms with van der Waals surface area (Å²) in [4.78, 5) is 28.9. The van der Waals surface area contributed by atoms with Crippen molar-refractivity contribution < 1.29 is 9.59 Å². The molecule has 0 spiro atoms. The van der Waals surface area contributed by atoms with Crippen LogP contribution >= 0.6 is 23.2 Å². The van der Waals surface area contributed by atoms with Gasteiger partial charge in [0.1, 0.15) is 6.04 Å². The molecule has 35 heavy (non-hydrogen) atoms. The van der Waals surface area contributed by atoms with Gasteiger partial charge >= 0.3 is 0 Å². The van der Waals surface area contributed by atoms with Crippen molar-refractivity contribution in [3.05, 3.63) is 105 Å². The summed E-state index contributed by atoms with van der Waals surface area (Å²) < 4.78 is 0. The van der Waals surface area contributed by atoms with Crippen molar-refractivity contribution in [2.24, 2.45) is 0 Å². The van der Waals surface area contributed by atoms with E-state index in [1.807, 2.05) is 67.6 Å².